The minimum atomic E-state index is 0.750. The number of hydrogen-bond acceptors (Lipinski definition) is 3. The first-order valence-electron chi connectivity index (χ1n) is 8.16. The van der Waals surface area contributed by atoms with Crippen LogP contribution in [0.4, 0.5) is 5.82 Å². The van der Waals surface area contributed by atoms with Crippen molar-refractivity contribution < 1.29 is 0 Å². The van der Waals surface area contributed by atoms with Crippen LogP contribution in [0.15, 0.2) is 31.0 Å². The first kappa shape index (κ1) is 13.6. The molecule has 22 heavy (non-hydrogen) atoms. The van der Waals surface area contributed by atoms with E-state index in [9.17, 15) is 0 Å². The summed E-state index contributed by atoms with van der Waals surface area (Å²) in [6.45, 7) is 9.16. The number of piperidine rings is 1. The molecule has 1 aliphatic carbocycles. The van der Waals surface area contributed by atoms with Crippen LogP contribution < -0.4 is 4.90 Å². The van der Waals surface area contributed by atoms with Crippen molar-refractivity contribution in [3.05, 3.63) is 47.9 Å². The van der Waals surface area contributed by atoms with Crippen molar-refractivity contribution in [3.8, 4) is 0 Å². The molecular weight excluding hydrogens is 272 g/mol. The Morgan fingerprint density at radius 2 is 2.09 bits per heavy atom. The summed E-state index contributed by atoms with van der Waals surface area (Å²) in [4.78, 5) is 7.23. The molecule has 2 aliphatic rings. The van der Waals surface area contributed by atoms with E-state index in [4.69, 9.17) is 4.98 Å². The zero-order valence-corrected chi connectivity index (χ0v) is 13.1. The number of rotatable bonds is 5. The van der Waals surface area contributed by atoms with Crippen LogP contribution in [0.3, 0.4) is 0 Å². The molecular formula is C18H22N4. The van der Waals surface area contributed by atoms with Crippen molar-refractivity contribution in [1.82, 2.24) is 14.8 Å². The average Bonchev–Trinajstić information content (AvgIpc) is 2.97. The summed E-state index contributed by atoms with van der Waals surface area (Å²) in [6.07, 6.45) is 6.28. The second-order valence-corrected chi connectivity index (χ2v) is 6.44. The lowest BCUT2D eigenvalue weighted by Gasteiger charge is -2.20. The predicted molar refractivity (Wildman–Crippen MR) is 88.8 cm³/mol. The molecule has 2 atom stereocenters. The van der Waals surface area contributed by atoms with E-state index in [0.717, 1.165) is 42.0 Å². The molecule has 0 spiro atoms. The number of fused-ring (bicyclic) bond motifs is 1. The number of nitrogens with zero attached hydrogens (tertiary/aromatic N) is 4. The standard InChI is InChI=1S/C18H22N4/c1-3-16-7-8-22(20-16)12-13-5-6-18(19-17(13)4-2)21-10-14-9-15(14)11-21/h4-8,14-15H,2-3,9-12H2,1H3. The van der Waals surface area contributed by atoms with Crippen molar-refractivity contribution in [2.24, 2.45) is 11.8 Å². The molecule has 2 aromatic heterocycles. The fraction of sp³-hybridized carbons (Fsp3) is 0.444. The van der Waals surface area contributed by atoms with Gasteiger partial charge in [0, 0.05) is 19.3 Å². The van der Waals surface area contributed by atoms with Gasteiger partial charge in [0.1, 0.15) is 5.82 Å². The summed E-state index contributed by atoms with van der Waals surface area (Å²) in [5.74, 6) is 2.94. The molecule has 1 aliphatic heterocycles. The number of hydrogen-bond donors (Lipinski definition) is 0. The average molecular weight is 294 g/mol. The molecule has 0 N–H and O–H groups in total. The van der Waals surface area contributed by atoms with Crippen LogP contribution in [0.2, 0.25) is 0 Å². The predicted octanol–water partition coefficient (Wildman–Crippen LogP) is 2.99. The molecule has 114 valence electrons. The summed E-state index contributed by atoms with van der Waals surface area (Å²) >= 11 is 0. The molecule has 3 heterocycles. The van der Waals surface area contributed by atoms with Crippen LogP contribution in [0, 0.1) is 11.8 Å². The van der Waals surface area contributed by atoms with E-state index in [2.05, 4.69) is 41.7 Å². The van der Waals surface area contributed by atoms with Gasteiger partial charge in [-0.3, -0.25) is 4.68 Å². The first-order chi connectivity index (χ1) is 10.8. The fourth-order valence-corrected chi connectivity index (χ4v) is 3.42. The van der Waals surface area contributed by atoms with Gasteiger partial charge >= 0.3 is 0 Å². The van der Waals surface area contributed by atoms with Crippen molar-refractivity contribution in [1.29, 1.82) is 0 Å². The molecule has 2 aromatic rings. The highest BCUT2D eigenvalue weighted by Crippen LogP contribution is 2.45. The maximum atomic E-state index is 4.82. The lowest BCUT2D eigenvalue weighted by atomic mass is 10.2. The maximum absolute atomic E-state index is 4.82. The Balaban J connectivity index is 1.55. The fourth-order valence-electron chi connectivity index (χ4n) is 3.42. The molecule has 4 heteroatoms. The largest absolute Gasteiger partial charge is 0.356 e. The first-order valence-corrected chi connectivity index (χ1v) is 8.16. The van der Waals surface area contributed by atoms with Gasteiger partial charge in [0.15, 0.2) is 0 Å². The van der Waals surface area contributed by atoms with E-state index >= 15 is 0 Å². The molecule has 0 bridgehead atoms. The lowest BCUT2D eigenvalue weighted by Crippen LogP contribution is -2.23. The molecule has 1 saturated carbocycles. The number of aromatic nitrogens is 3. The van der Waals surface area contributed by atoms with Gasteiger partial charge < -0.3 is 4.90 Å². The van der Waals surface area contributed by atoms with E-state index in [1.54, 1.807) is 0 Å². The van der Waals surface area contributed by atoms with E-state index in [0.29, 0.717) is 0 Å². The van der Waals surface area contributed by atoms with Crippen LogP contribution in [-0.2, 0) is 13.0 Å². The van der Waals surface area contributed by atoms with Gasteiger partial charge in [-0.15, -0.1) is 0 Å². The van der Waals surface area contributed by atoms with Crippen molar-refractivity contribution in [3.63, 3.8) is 0 Å². The van der Waals surface area contributed by atoms with E-state index in [1.165, 1.54) is 25.1 Å². The summed E-state index contributed by atoms with van der Waals surface area (Å²) in [5.41, 5.74) is 3.28. The topological polar surface area (TPSA) is 34.0 Å². The quantitative estimate of drug-likeness (QED) is 0.850. The Morgan fingerprint density at radius 3 is 2.77 bits per heavy atom. The Labute approximate surface area is 131 Å². The third-order valence-corrected chi connectivity index (χ3v) is 4.88. The van der Waals surface area contributed by atoms with Gasteiger partial charge in [-0.1, -0.05) is 19.6 Å². The maximum Gasteiger partial charge on any atom is 0.129 e. The summed E-state index contributed by atoms with van der Waals surface area (Å²) in [5, 5.41) is 4.56. The van der Waals surface area contributed by atoms with E-state index in [-0.39, 0.29) is 0 Å². The Bertz CT molecular complexity index is 693. The summed E-state index contributed by atoms with van der Waals surface area (Å²) in [7, 11) is 0. The molecule has 4 nitrogen and oxygen atoms in total. The van der Waals surface area contributed by atoms with Crippen LogP contribution in [0.25, 0.3) is 6.08 Å². The van der Waals surface area contributed by atoms with Crippen LogP contribution in [-0.4, -0.2) is 27.9 Å². The van der Waals surface area contributed by atoms with Crippen LogP contribution in [0.5, 0.6) is 0 Å². The second kappa shape index (κ2) is 5.27. The Morgan fingerprint density at radius 1 is 1.27 bits per heavy atom. The third-order valence-electron chi connectivity index (χ3n) is 4.88. The minimum Gasteiger partial charge on any atom is -0.356 e. The normalized spacial score (nSPS) is 22.7. The Kier molecular flexibility index (Phi) is 3.25. The second-order valence-electron chi connectivity index (χ2n) is 6.44. The van der Waals surface area contributed by atoms with Gasteiger partial charge in [-0.05, 0) is 48.4 Å². The van der Waals surface area contributed by atoms with Gasteiger partial charge in [-0.2, -0.15) is 5.10 Å². The van der Waals surface area contributed by atoms with Gasteiger partial charge in [-0.25, -0.2) is 4.98 Å². The van der Waals surface area contributed by atoms with Crippen molar-refractivity contribution in [2.75, 3.05) is 18.0 Å². The van der Waals surface area contributed by atoms with Crippen molar-refractivity contribution >= 4 is 11.9 Å². The SMILES string of the molecule is C=Cc1nc(N2CC3CC3C2)ccc1Cn1ccc(CC)n1. The molecule has 2 unspecified atom stereocenters. The van der Waals surface area contributed by atoms with E-state index < -0.39 is 0 Å². The number of aryl methyl sites for hydroxylation is 1. The number of anilines is 1. The molecule has 1 saturated heterocycles. The molecule has 2 fully saturated rings. The number of pyridine rings is 1. The monoisotopic (exact) mass is 294 g/mol. The molecule has 0 radical (unpaired) electrons. The smallest absolute Gasteiger partial charge is 0.129 e. The van der Waals surface area contributed by atoms with E-state index in [1.807, 2.05) is 17.0 Å². The van der Waals surface area contributed by atoms with Crippen molar-refractivity contribution in [2.45, 2.75) is 26.3 Å². The third kappa shape index (κ3) is 2.43. The highest BCUT2D eigenvalue weighted by atomic mass is 15.3. The van der Waals surface area contributed by atoms with Gasteiger partial charge in [0.25, 0.3) is 0 Å². The highest BCUT2D eigenvalue weighted by Gasteiger charge is 2.45. The van der Waals surface area contributed by atoms with Gasteiger partial charge in [0.05, 0.1) is 17.9 Å². The Hall–Kier alpha value is -2.10. The zero-order chi connectivity index (χ0) is 15.1. The van der Waals surface area contributed by atoms with Gasteiger partial charge in [0.2, 0.25) is 0 Å². The van der Waals surface area contributed by atoms with Crippen LogP contribution >= 0.6 is 0 Å². The summed E-state index contributed by atoms with van der Waals surface area (Å²) in [6, 6.07) is 6.40. The molecule has 4 rings (SSSR count). The minimum absolute atomic E-state index is 0.750. The lowest BCUT2D eigenvalue weighted by molar-refractivity contribution is 0.670. The summed E-state index contributed by atoms with van der Waals surface area (Å²) < 4.78 is 1.98. The van der Waals surface area contributed by atoms with Crippen LogP contribution in [0.1, 0.15) is 30.3 Å². The highest BCUT2D eigenvalue weighted by molar-refractivity contribution is 5.53. The zero-order valence-electron chi connectivity index (χ0n) is 13.1. The molecule has 0 amide bonds. The molecule has 0 aromatic carbocycles.